The van der Waals surface area contributed by atoms with Crippen molar-refractivity contribution < 1.29 is 19.4 Å². The Kier molecular flexibility index (Phi) is 7.14. The van der Waals surface area contributed by atoms with Crippen molar-refractivity contribution in [3.05, 3.63) is 58.8 Å². The van der Waals surface area contributed by atoms with E-state index in [4.69, 9.17) is 9.84 Å². The molecule has 2 N–H and O–H groups in total. The molecule has 0 unspecified atom stereocenters. The van der Waals surface area contributed by atoms with Gasteiger partial charge in [-0.2, -0.15) is 0 Å². The van der Waals surface area contributed by atoms with E-state index in [2.05, 4.69) is 17.2 Å². The minimum absolute atomic E-state index is 0.230. The minimum atomic E-state index is -0.952. The second kappa shape index (κ2) is 9.56. The van der Waals surface area contributed by atoms with Crippen LogP contribution in [0.25, 0.3) is 0 Å². The van der Waals surface area contributed by atoms with Gasteiger partial charge in [0.25, 0.3) is 5.91 Å². The van der Waals surface area contributed by atoms with Crippen molar-refractivity contribution in [3.8, 4) is 5.88 Å². The predicted octanol–water partition coefficient (Wildman–Crippen LogP) is 3.24. The van der Waals surface area contributed by atoms with Gasteiger partial charge in [-0.1, -0.05) is 25.5 Å². The number of hydrogen-bond donors (Lipinski definition) is 2. The normalized spacial score (nSPS) is 10.4. The van der Waals surface area contributed by atoms with E-state index in [9.17, 15) is 9.59 Å². The van der Waals surface area contributed by atoms with E-state index in [1.807, 2.05) is 6.92 Å². The lowest BCUT2D eigenvalue weighted by molar-refractivity contribution is 0.0696. The molecule has 0 saturated heterocycles. The van der Waals surface area contributed by atoms with Crippen LogP contribution >= 0.6 is 0 Å². The predicted molar refractivity (Wildman–Crippen MR) is 98.8 cm³/mol. The van der Waals surface area contributed by atoms with Crippen LogP contribution in [0, 0.1) is 6.92 Å². The third-order valence-electron chi connectivity index (χ3n) is 3.88. The van der Waals surface area contributed by atoms with Gasteiger partial charge in [0.15, 0.2) is 0 Å². The SMILES string of the molecule is CCCCOc1nc(C)ccc1C(=O)NCCc1ccc(C(=O)O)cc1. The van der Waals surface area contributed by atoms with E-state index in [1.165, 1.54) is 0 Å². The zero-order valence-electron chi connectivity index (χ0n) is 15.1. The second-order valence-electron chi connectivity index (χ2n) is 6.02. The lowest BCUT2D eigenvalue weighted by Gasteiger charge is -2.11. The van der Waals surface area contributed by atoms with E-state index in [1.54, 1.807) is 36.4 Å². The molecular weight excluding hydrogens is 332 g/mol. The summed E-state index contributed by atoms with van der Waals surface area (Å²) in [7, 11) is 0. The Morgan fingerprint density at radius 3 is 2.54 bits per heavy atom. The highest BCUT2D eigenvalue weighted by molar-refractivity contribution is 5.96. The number of aromatic carboxylic acids is 1. The van der Waals surface area contributed by atoms with Crippen molar-refractivity contribution in [1.82, 2.24) is 10.3 Å². The Bertz CT molecular complexity index is 757. The Morgan fingerprint density at radius 1 is 1.15 bits per heavy atom. The number of carboxylic acid groups (broad SMARTS) is 1. The molecule has 0 aliphatic rings. The summed E-state index contributed by atoms with van der Waals surface area (Å²) in [5.41, 5.74) is 2.42. The number of hydrogen-bond acceptors (Lipinski definition) is 4. The molecular formula is C20H24N2O4. The maximum absolute atomic E-state index is 12.4. The molecule has 26 heavy (non-hydrogen) atoms. The van der Waals surface area contributed by atoms with Crippen molar-refractivity contribution in [2.45, 2.75) is 33.1 Å². The third kappa shape index (κ3) is 5.58. The molecule has 1 amide bonds. The Labute approximate surface area is 153 Å². The van der Waals surface area contributed by atoms with Crippen LogP contribution in [0.2, 0.25) is 0 Å². The van der Waals surface area contributed by atoms with Gasteiger partial charge < -0.3 is 15.2 Å². The molecule has 0 aliphatic carbocycles. The zero-order chi connectivity index (χ0) is 18.9. The number of carboxylic acids is 1. The van der Waals surface area contributed by atoms with Gasteiger partial charge in [0, 0.05) is 12.2 Å². The van der Waals surface area contributed by atoms with Crippen LogP contribution in [0.15, 0.2) is 36.4 Å². The van der Waals surface area contributed by atoms with E-state index in [-0.39, 0.29) is 11.5 Å². The molecule has 0 saturated carbocycles. The number of benzene rings is 1. The van der Waals surface area contributed by atoms with Crippen molar-refractivity contribution in [1.29, 1.82) is 0 Å². The van der Waals surface area contributed by atoms with Crippen LogP contribution in [0.4, 0.5) is 0 Å². The molecule has 0 fully saturated rings. The summed E-state index contributed by atoms with van der Waals surface area (Å²) in [6.07, 6.45) is 2.52. The Morgan fingerprint density at radius 2 is 1.88 bits per heavy atom. The fraction of sp³-hybridized carbons (Fsp3) is 0.350. The van der Waals surface area contributed by atoms with Crippen LogP contribution in [0.1, 0.15) is 51.7 Å². The highest BCUT2D eigenvalue weighted by Gasteiger charge is 2.14. The molecule has 6 heteroatoms. The largest absolute Gasteiger partial charge is 0.478 e. The first-order chi connectivity index (χ1) is 12.5. The number of carbonyl (C=O) groups excluding carboxylic acids is 1. The molecule has 0 radical (unpaired) electrons. The van der Waals surface area contributed by atoms with E-state index in [0.29, 0.717) is 31.0 Å². The van der Waals surface area contributed by atoms with Gasteiger partial charge in [0.2, 0.25) is 5.88 Å². The molecule has 0 atom stereocenters. The number of pyridine rings is 1. The highest BCUT2D eigenvalue weighted by atomic mass is 16.5. The number of rotatable bonds is 9. The molecule has 1 heterocycles. The molecule has 2 aromatic rings. The highest BCUT2D eigenvalue weighted by Crippen LogP contribution is 2.16. The topological polar surface area (TPSA) is 88.5 Å². The van der Waals surface area contributed by atoms with Crippen molar-refractivity contribution in [3.63, 3.8) is 0 Å². The summed E-state index contributed by atoms with van der Waals surface area (Å²) < 4.78 is 5.65. The van der Waals surface area contributed by atoms with Crippen LogP contribution in [0.5, 0.6) is 5.88 Å². The van der Waals surface area contributed by atoms with E-state index in [0.717, 1.165) is 24.1 Å². The average Bonchev–Trinajstić information content (AvgIpc) is 2.62. The van der Waals surface area contributed by atoms with Crippen LogP contribution in [0.3, 0.4) is 0 Å². The zero-order valence-corrected chi connectivity index (χ0v) is 15.1. The van der Waals surface area contributed by atoms with Gasteiger partial charge in [0.05, 0.1) is 12.2 Å². The molecule has 6 nitrogen and oxygen atoms in total. The van der Waals surface area contributed by atoms with Gasteiger partial charge in [-0.3, -0.25) is 4.79 Å². The molecule has 138 valence electrons. The molecule has 0 spiro atoms. The number of nitrogens with one attached hydrogen (secondary N) is 1. The van der Waals surface area contributed by atoms with Crippen LogP contribution in [-0.4, -0.2) is 35.1 Å². The first-order valence-electron chi connectivity index (χ1n) is 8.72. The van der Waals surface area contributed by atoms with Crippen molar-refractivity contribution in [2.75, 3.05) is 13.2 Å². The average molecular weight is 356 g/mol. The summed E-state index contributed by atoms with van der Waals surface area (Å²) >= 11 is 0. The quantitative estimate of drug-likeness (QED) is 0.673. The lowest BCUT2D eigenvalue weighted by Crippen LogP contribution is -2.26. The fourth-order valence-corrected chi connectivity index (χ4v) is 2.36. The van der Waals surface area contributed by atoms with E-state index >= 15 is 0 Å². The monoisotopic (exact) mass is 356 g/mol. The van der Waals surface area contributed by atoms with Crippen LogP contribution in [-0.2, 0) is 6.42 Å². The number of nitrogens with zero attached hydrogens (tertiary/aromatic N) is 1. The lowest BCUT2D eigenvalue weighted by atomic mass is 10.1. The smallest absolute Gasteiger partial charge is 0.335 e. The maximum Gasteiger partial charge on any atom is 0.335 e. The summed E-state index contributed by atoms with van der Waals surface area (Å²) in [6, 6.07) is 10.1. The molecule has 0 aliphatic heterocycles. The fourth-order valence-electron chi connectivity index (χ4n) is 2.36. The van der Waals surface area contributed by atoms with Gasteiger partial charge in [0.1, 0.15) is 5.56 Å². The first-order valence-corrected chi connectivity index (χ1v) is 8.72. The van der Waals surface area contributed by atoms with Gasteiger partial charge in [-0.15, -0.1) is 0 Å². The summed E-state index contributed by atoms with van der Waals surface area (Å²) in [5, 5.41) is 11.8. The van der Waals surface area contributed by atoms with Crippen molar-refractivity contribution >= 4 is 11.9 Å². The maximum atomic E-state index is 12.4. The second-order valence-corrected chi connectivity index (χ2v) is 6.02. The van der Waals surface area contributed by atoms with Gasteiger partial charge in [-0.25, -0.2) is 9.78 Å². The van der Waals surface area contributed by atoms with Gasteiger partial charge in [-0.05, 0) is 49.6 Å². The Hall–Kier alpha value is -2.89. The number of aryl methyl sites for hydroxylation is 1. The number of amides is 1. The van der Waals surface area contributed by atoms with Crippen molar-refractivity contribution in [2.24, 2.45) is 0 Å². The first kappa shape index (κ1) is 19.4. The number of aromatic nitrogens is 1. The summed E-state index contributed by atoms with van der Waals surface area (Å²) in [5.74, 6) is -0.819. The van der Waals surface area contributed by atoms with Gasteiger partial charge >= 0.3 is 5.97 Å². The standard InChI is InChI=1S/C20H24N2O4/c1-3-4-13-26-19-17(10-5-14(2)22-19)18(23)21-12-11-15-6-8-16(9-7-15)20(24)25/h5-10H,3-4,11-13H2,1-2H3,(H,21,23)(H,24,25). The molecule has 2 rings (SSSR count). The number of carbonyl (C=O) groups is 2. The van der Waals surface area contributed by atoms with E-state index < -0.39 is 5.97 Å². The summed E-state index contributed by atoms with van der Waals surface area (Å²) in [6.45, 7) is 4.90. The number of unbranched alkanes of at least 4 members (excludes halogenated alkanes) is 1. The third-order valence-corrected chi connectivity index (χ3v) is 3.88. The van der Waals surface area contributed by atoms with Crippen LogP contribution < -0.4 is 10.1 Å². The Balaban J connectivity index is 1.93. The minimum Gasteiger partial charge on any atom is -0.478 e. The number of ether oxygens (including phenoxy) is 1. The molecule has 1 aromatic heterocycles. The molecule has 1 aromatic carbocycles. The summed E-state index contributed by atoms with van der Waals surface area (Å²) in [4.78, 5) is 27.6. The molecule has 0 bridgehead atoms.